The summed E-state index contributed by atoms with van der Waals surface area (Å²) in [7, 11) is 1.94. The van der Waals surface area contributed by atoms with E-state index in [2.05, 4.69) is 35.5 Å². The lowest BCUT2D eigenvalue weighted by atomic mass is 10.4. The molecule has 2 aromatic heterocycles. The van der Waals surface area contributed by atoms with Gasteiger partial charge < -0.3 is 5.32 Å². The molecule has 16 heavy (non-hydrogen) atoms. The summed E-state index contributed by atoms with van der Waals surface area (Å²) in [6, 6.07) is 6.46. The van der Waals surface area contributed by atoms with Gasteiger partial charge in [0.2, 0.25) is 0 Å². The highest BCUT2D eigenvalue weighted by molar-refractivity contribution is 7.11. The lowest BCUT2D eigenvalue weighted by Crippen LogP contribution is -2.07. The molecule has 0 radical (unpaired) electrons. The molecule has 0 bridgehead atoms. The van der Waals surface area contributed by atoms with Gasteiger partial charge in [-0.2, -0.15) is 5.10 Å². The Morgan fingerprint density at radius 1 is 1.31 bits per heavy atom. The van der Waals surface area contributed by atoms with E-state index in [4.69, 9.17) is 0 Å². The summed E-state index contributed by atoms with van der Waals surface area (Å²) in [5.41, 5.74) is 1.09. The maximum absolute atomic E-state index is 4.49. The third-order valence-corrected chi connectivity index (χ3v) is 3.65. The molecular weight excluding hydrogens is 218 g/mol. The average Bonchev–Trinajstić information content (AvgIpc) is 2.89. The fraction of sp³-hybridized carbons (Fsp3) is 0.417. The molecule has 86 valence electrons. The first-order valence-electron chi connectivity index (χ1n) is 5.56. The second-order valence-corrected chi connectivity index (χ2v) is 5.01. The summed E-state index contributed by atoms with van der Waals surface area (Å²) in [4.78, 5) is 2.81. The SMILES string of the molecule is CCc1ccc(Cn2ccc(CNC)n2)s1. The van der Waals surface area contributed by atoms with Crippen LogP contribution in [0.3, 0.4) is 0 Å². The van der Waals surface area contributed by atoms with Gasteiger partial charge in [0.25, 0.3) is 0 Å². The van der Waals surface area contributed by atoms with E-state index in [1.165, 1.54) is 9.75 Å². The molecule has 0 unspecified atom stereocenters. The zero-order chi connectivity index (χ0) is 11.4. The predicted octanol–water partition coefficient (Wildman–Crippen LogP) is 2.27. The first-order valence-corrected chi connectivity index (χ1v) is 6.38. The van der Waals surface area contributed by atoms with Crippen molar-refractivity contribution in [2.24, 2.45) is 0 Å². The second-order valence-electron chi connectivity index (χ2n) is 3.76. The van der Waals surface area contributed by atoms with Crippen molar-refractivity contribution in [3.63, 3.8) is 0 Å². The Morgan fingerprint density at radius 2 is 2.12 bits per heavy atom. The largest absolute Gasteiger partial charge is 0.314 e. The van der Waals surface area contributed by atoms with E-state index in [0.717, 1.165) is 25.2 Å². The Balaban J connectivity index is 2.02. The molecule has 0 spiro atoms. The molecule has 2 heterocycles. The van der Waals surface area contributed by atoms with Crippen LogP contribution in [0.15, 0.2) is 24.4 Å². The molecule has 3 nitrogen and oxygen atoms in total. The number of nitrogens with zero attached hydrogens (tertiary/aromatic N) is 2. The molecular formula is C12H17N3S. The van der Waals surface area contributed by atoms with Crippen molar-refractivity contribution in [1.29, 1.82) is 0 Å². The highest BCUT2D eigenvalue weighted by atomic mass is 32.1. The molecule has 0 saturated carbocycles. The first-order chi connectivity index (χ1) is 7.81. The first kappa shape index (κ1) is 11.4. The van der Waals surface area contributed by atoms with Crippen molar-refractivity contribution in [2.45, 2.75) is 26.4 Å². The monoisotopic (exact) mass is 235 g/mol. The van der Waals surface area contributed by atoms with Crippen LogP contribution in [0, 0.1) is 0 Å². The molecule has 2 aromatic rings. The van der Waals surface area contributed by atoms with Crippen LogP contribution >= 0.6 is 11.3 Å². The maximum Gasteiger partial charge on any atom is 0.0762 e. The fourth-order valence-electron chi connectivity index (χ4n) is 1.62. The molecule has 0 atom stereocenters. The summed E-state index contributed by atoms with van der Waals surface area (Å²) in [6.07, 6.45) is 3.16. The van der Waals surface area contributed by atoms with Crippen LogP contribution in [-0.4, -0.2) is 16.8 Å². The fourth-order valence-corrected chi connectivity index (χ4v) is 2.57. The molecule has 0 aromatic carbocycles. The van der Waals surface area contributed by atoms with Crippen molar-refractivity contribution >= 4 is 11.3 Å². The minimum absolute atomic E-state index is 0.831. The van der Waals surface area contributed by atoms with E-state index in [1.54, 1.807) is 0 Å². The number of aryl methyl sites for hydroxylation is 1. The van der Waals surface area contributed by atoms with Gasteiger partial charge in [-0.05, 0) is 31.7 Å². The third-order valence-electron chi connectivity index (χ3n) is 2.44. The zero-order valence-corrected chi connectivity index (χ0v) is 10.5. The van der Waals surface area contributed by atoms with Crippen LogP contribution in [-0.2, 0) is 19.5 Å². The second kappa shape index (κ2) is 5.27. The third kappa shape index (κ3) is 2.71. The van der Waals surface area contributed by atoms with Gasteiger partial charge >= 0.3 is 0 Å². The van der Waals surface area contributed by atoms with Crippen LogP contribution < -0.4 is 5.32 Å². The number of hydrogen-bond donors (Lipinski definition) is 1. The number of thiophene rings is 1. The smallest absolute Gasteiger partial charge is 0.0762 e. The number of rotatable bonds is 5. The average molecular weight is 235 g/mol. The van der Waals surface area contributed by atoms with E-state index in [1.807, 2.05) is 29.3 Å². The Kier molecular flexibility index (Phi) is 3.74. The van der Waals surface area contributed by atoms with E-state index >= 15 is 0 Å². The molecule has 0 aliphatic heterocycles. The molecule has 0 amide bonds. The molecule has 0 saturated heterocycles. The topological polar surface area (TPSA) is 29.9 Å². The lowest BCUT2D eigenvalue weighted by Gasteiger charge is -1.98. The summed E-state index contributed by atoms with van der Waals surface area (Å²) in [5, 5.41) is 7.59. The van der Waals surface area contributed by atoms with Crippen LogP contribution in [0.2, 0.25) is 0 Å². The summed E-state index contributed by atoms with van der Waals surface area (Å²) in [5.74, 6) is 0. The van der Waals surface area contributed by atoms with E-state index in [9.17, 15) is 0 Å². The molecule has 0 fully saturated rings. The Labute approximate surface area is 100 Å². The van der Waals surface area contributed by atoms with Crippen molar-refractivity contribution in [2.75, 3.05) is 7.05 Å². The number of nitrogens with one attached hydrogen (secondary N) is 1. The zero-order valence-electron chi connectivity index (χ0n) is 9.73. The molecule has 1 N–H and O–H groups in total. The lowest BCUT2D eigenvalue weighted by molar-refractivity contribution is 0.664. The van der Waals surface area contributed by atoms with Gasteiger partial charge in [-0.15, -0.1) is 11.3 Å². The highest BCUT2D eigenvalue weighted by Crippen LogP contribution is 2.17. The van der Waals surface area contributed by atoms with Gasteiger partial charge in [-0.1, -0.05) is 6.92 Å². The molecule has 0 aliphatic rings. The summed E-state index contributed by atoms with van der Waals surface area (Å²) in [6.45, 7) is 3.90. The minimum atomic E-state index is 0.831. The van der Waals surface area contributed by atoms with Crippen molar-refractivity contribution in [1.82, 2.24) is 15.1 Å². The number of hydrogen-bond acceptors (Lipinski definition) is 3. The highest BCUT2D eigenvalue weighted by Gasteiger charge is 2.01. The number of aromatic nitrogens is 2. The Morgan fingerprint density at radius 3 is 2.81 bits per heavy atom. The maximum atomic E-state index is 4.49. The normalized spacial score (nSPS) is 10.9. The molecule has 4 heteroatoms. The van der Waals surface area contributed by atoms with Gasteiger partial charge in [0.05, 0.1) is 12.2 Å². The van der Waals surface area contributed by atoms with Crippen LogP contribution in [0.25, 0.3) is 0 Å². The molecule has 0 aliphatic carbocycles. The van der Waals surface area contributed by atoms with Crippen molar-refractivity contribution < 1.29 is 0 Å². The Bertz CT molecular complexity index is 445. The van der Waals surface area contributed by atoms with Crippen molar-refractivity contribution in [3.8, 4) is 0 Å². The Hall–Kier alpha value is -1.13. The van der Waals surface area contributed by atoms with E-state index < -0.39 is 0 Å². The minimum Gasteiger partial charge on any atom is -0.314 e. The van der Waals surface area contributed by atoms with Gasteiger partial charge in [-0.3, -0.25) is 4.68 Å². The predicted molar refractivity (Wildman–Crippen MR) is 67.8 cm³/mol. The van der Waals surface area contributed by atoms with Gasteiger partial charge in [-0.25, -0.2) is 0 Å². The van der Waals surface area contributed by atoms with E-state index in [0.29, 0.717) is 0 Å². The van der Waals surface area contributed by atoms with Crippen LogP contribution in [0.1, 0.15) is 22.4 Å². The van der Waals surface area contributed by atoms with Gasteiger partial charge in [0.15, 0.2) is 0 Å². The summed E-state index contributed by atoms with van der Waals surface area (Å²) < 4.78 is 2.00. The van der Waals surface area contributed by atoms with Gasteiger partial charge in [0.1, 0.15) is 0 Å². The van der Waals surface area contributed by atoms with E-state index in [-0.39, 0.29) is 0 Å². The van der Waals surface area contributed by atoms with Gasteiger partial charge in [0, 0.05) is 22.5 Å². The van der Waals surface area contributed by atoms with Crippen molar-refractivity contribution in [3.05, 3.63) is 39.8 Å². The van der Waals surface area contributed by atoms with Crippen LogP contribution in [0.4, 0.5) is 0 Å². The molecule has 2 rings (SSSR count). The quantitative estimate of drug-likeness (QED) is 0.861. The van der Waals surface area contributed by atoms with Crippen LogP contribution in [0.5, 0.6) is 0 Å². The standard InChI is InChI=1S/C12H17N3S/c1-3-11-4-5-12(16-11)9-15-7-6-10(14-15)8-13-2/h4-7,13H,3,8-9H2,1-2H3. The summed E-state index contributed by atoms with van der Waals surface area (Å²) >= 11 is 1.87.